The van der Waals surface area contributed by atoms with Crippen molar-refractivity contribution in [1.82, 2.24) is 0 Å². The van der Waals surface area contributed by atoms with E-state index in [1.807, 2.05) is 0 Å². The van der Waals surface area contributed by atoms with E-state index in [-0.39, 0.29) is 0 Å². The minimum Gasteiger partial charge on any atom is -0.0625 e. The molecule has 0 amide bonds. The second kappa shape index (κ2) is 5.56. The van der Waals surface area contributed by atoms with Crippen LogP contribution in [0.2, 0.25) is 0 Å². The van der Waals surface area contributed by atoms with Gasteiger partial charge in [0.1, 0.15) is 0 Å². The van der Waals surface area contributed by atoms with Crippen LogP contribution in [-0.2, 0) is 0 Å². The largest absolute Gasteiger partial charge is 0.0625 e. The molecule has 0 bridgehead atoms. The summed E-state index contributed by atoms with van der Waals surface area (Å²) in [7, 11) is 0. The Kier molecular flexibility index (Phi) is 4.33. The molecular formula is C16H30. The van der Waals surface area contributed by atoms with Gasteiger partial charge < -0.3 is 0 Å². The lowest BCUT2D eigenvalue weighted by atomic mass is 9.83. The highest BCUT2D eigenvalue weighted by molar-refractivity contribution is 4.92. The molecule has 3 saturated carbocycles. The van der Waals surface area contributed by atoms with Crippen LogP contribution in [0.5, 0.6) is 0 Å². The summed E-state index contributed by atoms with van der Waals surface area (Å²) in [4.78, 5) is 0. The standard InChI is InChI=1S/C9H16.C7H14/c1-9-6-2-4-8(9)5-3-7-9;1-7-5-3-2-4-6-7/h8H,2-7H2,1H3;7H,2-6H2,1H3. The third-order valence-corrected chi connectivity index (χ3v) is 5.48. The Balaban J connectivity index is 0.000000125. The van der Waals surface area contributed by atoms with E-state index >= 15 is 0 Å². The van der Waals surface area contributed by atoms with Gasteiger partial charge in [0.05, 0.1) is 0 Å². The Labute approximate surface area is 102 Å². The SMILES string of the molecule is CC12CCCC1CCC2.CC1CCCCC1. The number of hydrogen-bond donors (Lipinski definition) is 0. The summed E-state index contributed by atoms with van der Waals surface area (Å²) >= 11 is 0. The van der Waals surface area contributed by atoms with Gasteiger partial charge in [0.15, 0.2) is 0 Å². The number of hydrogen-bond acceptors (Lipinski definition) is 0. The summed E-state index contributed by atoms with van der Waals surface area (Å²) in [5.74, 6) is 2.16. The smallest absolute Gasteiger partial charge is 0.0298 e. The molecule has 3 fully saturated rings. The molecule has 0 heterocycles. The first-order valence-corrected chi connectivity index (χ1v) is 7.71. The van der Waals surface area contributed by atoms with Crippen molar-refractivity contribution in [3.05, 3.63) is 0 Å². The van der Waals surface area contributed by atoms with Crippen LogP contribution in [0.25, 0.3) is 0 Å². The highest BCUT2D eigenvalue weighted by Gasteiger charge is 2.41. The van der Waals surface area contributed by atoms with Crippen molar-refractivity contribution in [2.24, 2.45) is 17.3 Å². The fraction of sp³-hybridized carbons (Fsp3) is 1.00. The molecule has 0 heteroatoms. The average Bonchev–Trinajstić information content (AvgIpc) is 2.77. The van der Waals surface area contributed by atoms with E-state index in [1.54, 1.807) is 0 Å². The zero-order chi connectivity index (χ0) is 11.4. The van der Waals surface area contributed by atoms with Gasteiger partial charge in [0, 0.05) is 0 Å². The maximum atomic E-state index is 2.50. The molecule has 3 rings (SSSR count). The average molecular weight is 222 g/mol. The number of rotatable bonds is 0. The van der Waals surface area contributed by atoms with Gasteiger partial charge in [-0.3, -0.25) is 0 Å². The van der Waals surface area contributed by atoms with Crippen molar-refractivity contribution < 1.29 is 0 Å². The molecule has 0 radical (unpaired) electrons. The summed E-state index contributed by atoms with van der Waals surface area (Å²) in [6.45, 7) is 4.86. The predicted octanol–water partition coefficient (Wildman–Crippen LogP) is 5.56. The molecule has 3 aliphatic carbocycles. The highest BCUT2D eigenvalue weighted by Crippen LogP contribution is 2.53. The van der Waals surface area contributed by atoms with E-state index in [2.05, 4.69) is 13.8 Å². The van der Waals surface area contributed by atoms with Crippen molar-refractivity contribution in [1.29, 1.82) is 0 Å². The Hall–Kier alpha value is 0. The first-order chi connectivity index (χ1) is 7.71. The van der Waals surface area contributed by atoms with Crippen LogP contribution >= 0.6 is 0 Å². The Bertz CT molecular complexity index is 190. The van der Waals surface area contributed by atoms with Crippen molar-refractivity contribution in [2.75, 3.05) is 0 Å². The second-order valence-corrected chi connectivity index (χ2v) is 6.88. The Morgan fingerprint density at radius 2 is 1.31 bits per heavy atom. The van der Waals surface area contributed by atoms with Gasteiger partial charge >= 0.3 is 0 Å². The summed E-state index contributed by atoms with van der Waals surface area (Å²) in [6.07, 6.45) is 16.6. The zero-order valence-corrected chi connectivity index (χ0v) is 11.4. The monoisotopic (exact) mass is 222 g/mol. The van der Waals surface area contributed by atoms with Crippen LogP contribution in [0.3, 0.4) is 0 Å². The van der Waals surface area contributed by atoms with Crippen molar-refractivity contribution in [2.45, 2.75) is 84.5 Å². The van der Waals surface area contributed by atoms with Crippen molar-refractivity contribution >= 4 is 0 Å². The van der Waals surface area contributed by atoms with Crippen LogP contribution in [0.1, 0.15) is 84.5 Å². The summed E-state index contributed by atoms with van der Waals surface area (Å²) in [5.41, 5.74) is 0.806. The molecule has 0 unspecified atom stereocenters. The van der Waals surface area contributed by atoms with E-state index in [1.165, 1.54) is 70.6 Å². The fourth-order valence-electron chi connectivity index (χ4n) is 4.19. The maximum Gasteiger partial charge on any atom is -0.0298 e. The fourth-order valence-corrected chi connectivity index (χ4v) is 4.19. The van der Waals surface area contributed by atoms with E-state index in [4.69, 9.17) is 0 Å². The summed E-state index contributed by atoms with van der Waals surface area (Å²) < 4.78 is 0. The molecule has 0 aromatic heterocycles. The molecule has 0 aromatic carbocycles. The van der Waals surface area contributed by atoms with Gasteiger partial charge in [0.25, 0.3) is 0 Å². The van der Waals surface area contributed by atoms with Crippen LogP contribution in [0.4, 0.5) is 0 Å². The Morgan fingerprint density at radius 1 is 0.750 bits per heavy atom. The van der Waals surface area contributed by atoms with E-state index < -0.39 is 0 Å². The van der Waals surface area contributed by atoms with Crippen molar-refractivity contribution in [3.8, 4) is 0 Å². The number of fused-ring (bicyclic) bond motifs is 1. The molecule has 3 aliphatic rings. The van der Waals surface area contributed by atoms with Gasteiger partial charge in [-0.1, -0.05) is 58.8 Å². The van der Waals surface area contributed by atoms with Crippen LogP contribution < -0.4 is 0 Å². The third kappa shape index (κ3) is 3.02. The molecule has 0 aliphatic heterocycles. The molecule has 0 saturated heterocycles. The second-order valence-electron chi connectivity index (χ2n) is 6.88. The van der Waals surface area contributed by atoms with E-state index in [9.17, 15) is 0 Å². The normalized spacial score (nSPS) is 39.0. The van der Waals surface area contributed by atoms with Crippen molar-refractivity contribution in [3.63, 3.8) is 0 Å². The quantitative estimate of drug-likeness (QED) is 0.503. The molecule has 0 aromatic rings. The highest BCUT2D eigenvalue weighted by atomic mass is 14.5. The van der Waals surface area contributed by atoms with Gasteiger partial charge in [-0.15, -0.1) is 0 Å². The zero-order valence-electron chi connectivity index (χ0n) is 11.4. The lowest BCUT2D eigenvalue weighted by Gasteiger charge is -2.22. The van der Waals surface area contributed by atoms with E-state index in [0.29, 0.717) is 0 Å². The molecule has 16 heavy (non-hydrogen) atoms. The van der Waals surface area contributed by atoms with Gasteiger partial charge in [-0.2, -0.15) is 0 Å². The first-order valence-electron chi connectivity index (χ1n) is 7.71. The molecular weight excluding hydrogens is 192 g/mol. The topological polar surface area (TPSA) is 0 Å². The summed E-state index contributed by atoms with van der Waals surface area (Å²) in [5, 5.41) is 0. The van der Waals surface area contributed by atoms with Gasteiger partial charge in [-0.25, -0.2) is 0 Å². The third-order valence-electron chi connectivity index (χ3n) is 5.48. The summed E-state index contributed by atoms with van der Waals surface area (Å²) in [6, 6.07) is 0. The molecule has 94 valence electrons. The predicted molar refractivity (Wildman–Crippen MR) is 71.5 cm³/mol. The molecule has 0 spiro atoms. The van der Waals surface area contributed by atoms with Gasteiger partial charge in [-0.05, 0) is 42.9 Å². The lowest BCUT2D eigenvalue weighted by molar-refractivity contribution is 0.277. The molecule has 0 nitrogen and oxygen atoms in total. The first kappa shape index (κ1) is 12.5. The van der Waals surface area contributed by atoms with Crippen LogP contribution in [0, 0.1) is 17.3 Å². The van der Waals surface area contributed by atoms with Crippen LogP contribution in [0.15, 0.2) is 0 Å². The lowest BCUT2D eigenvalue weighted by Crippen LogP contribution is -2.13. The Morgan fingerprint density at radius 3 is 1.69 bits per heavy atom. The van der Waals surface area contributed by atoms with E-state index in [0.717, 1.165) is 17.3 Å². The molecule has 0 atom stereocenters. The molecule has 0 N–H and O–H groups in total. The minimum absolute atomic E-state index is 0.806. The van der Waals surface area contributed by atoms with Gasteiger partial charge in [0.2, 0.25) is 0 Å². The van der Waals surface area contributed by atoms with Crippen LogP contribution in [-0.4, -0.2) is 0 Å². The minimum atomic E-state index is 0.806. The maximum absolute atomic E-state index is 2.50.